The van der Waals surface area contributed by atoms with Crippen molar-refractivity contribution in [3.05, 3.63) is 99.5 Å². The minimum Gasteiger partial charge on any atom is -0.354 e. The SMILES string of the molecule is CCCNC(=O)[C@H](Cc1ccccc1)N(Cc1c(Cl)cccc1Cl)C(=O)CN(c1ccccc1C)S(C)(=O)=O. The van der Waals surface area contributed by atoms with Crippen LogP contribution in [0.2, 0.25) is 10.0 Å². The molecule has 3 rings (SSSR count). The van der Waals surface area contributed by atoms with Crippen LogP contribution in [0.5, 0.6) is 0 Å². The Hall–Kier alpha value is -3.07. The Morgan fingerprint density at radius 2 is 1.54 bits per heavy atom. The lowest BCUT2D eigenvalue weighted by Crippen LogP contribution is -2.53. The maximum atomic E-state index is 14.1. The smallest absolute Gasteiger partial charge is 0.244 e. The van der Waals surface area contributed by atoms with Crippen molar-refractivity contribution in [2.45, 2.75) is 39.3 Å². The van der Waals surface area contributed by atoms with Gasteiger partial charge >= 0.3 is 0 Å². The number of halogens is 2. The predicted octanol–water partition coefficient (Wildman–Crippen LogP) is 5.23. The largest absolute Gasteiger partial charge is 0.354 e. The van der Waals surface area contributed by atoms with Crippen LogP contribution in [-0.2, 0) is 32.6 Å². The Labute approximate surface area is 240 Å². The summed E-state index contributed by atoms with van der Waals surface area (Å²) in [6.07, 6.45) is 1.98. The van der Waals surface area contributed by atoms with Gasteiger partial charge in [-0.1, -0.05) is 84.7 Å². The van der Waals surface area contributed by atoms with Crippen molar-refractivity contribution < 1.29 is 18.0 Å². The van der Waals surface area contributed by atoms with Gasteiger partial charge < -0.3 is 10.2 Å². The molecule has 0 unspecified atom stereocenters. The van der Waals surface area contributed by atoms with Crippen LogP contribution in [0.3, 0.4) is 0 Å². The van der Waals surface area contributed by atoms with Crippen molar-refractivity contribution >= 4 is 50.7 Å². The second-order valence-electron chi connectivity index (χ2n) is 9.27. The van der Waals surface area contributed by atoms with E-state index in [-0.39, 0.29) is 18.9 Å². The van der Waals surface area contributed by atoms with Gasteiger partial charge in [0.2, 0.25) is 21.8 Å². The van der Waals surface area contributed by atoms with E-state index in [9.17, 15) is 18.0 Å². The molecule has 0 aliphatic heterocycles. The molecule has 3 aromatic rings. The van der Waals surface area contributed by atoms with Crippen LogP contribution in [0.1, 0.15) is 30.0 Å². The normalized spacial score (nSPS) is 12.0. The first-order valence-electron chi connectivity index (χ1n) is 12.6. The van der Waals surface area contributed by atoms with E-state index >= 15 is 0 Å². The molecule has 7 nitrogen and oxygen atoms in total. The first-order chi connectivity index (χ1) is 18.5. The first-order valence-corrected chi connectivity index (χ1v) is 15.2. The molecule has 0 saturated heterocycles. The summed E-state index contributed by atoms with van der Waals surface area (Å²) in [5.74, 6) is -0.911. The third kappa shape index (κ3) is 8.21. The zero-order chi connectivity index (χ0) is 28.6. The van der Waals surface area contributed by atoms with E-state index in [4.69, 9.17) is 23.2 Å². The number of hydrogen-bond donors (Lipinski definition) is 1. The van der Waals surface area contributed by atoms with Crippen molar-refractivity contribution in [3.8, 4) is 0 Å². The number of benzene rings is 3. The molecule has 0 saturated carbocycles. The van der Waals surface area contributed by atoms with E-state index in [1.807, 2.05) is 37.3 Å². The Morgan fingerprint density at radius 1 is 0.923 bits per heavy atom. The molecule has 0 bridgehead atoms. The molecule has 0 aliphatic carbocycles. The van der Waals surface area contributed by atoms with Crippen LogP contribution in [0.15, 0.2) is 72.8 Å². The Morgan fingerprint density at radius 3 is 2.13 bits per heavy atom. The molecule has 10 heteroatoms. The van der Waals surface area contributed by atoms with E-state index in [0.717, 1.165) is 16.1 Å². The van der Waals surface area contributed by atoms with Gasteiger partial charge in [0.1, 0.15) is 12.6 Å². The number of anilines is 1. The second-order valence-corrected chi connectivity index (χ2v) is 12.0. The van der Waals surface area contributed by atoms with Gasteiger partial charge in [-0.25, -0.2) is 8.42 Å². The molecule has 1 atom stereocenters. The van der Waals surface area contributed by atoms with Crippen molar-refractivity contribution in [1.82, 2.24) is 10.2 Å². The number of hydrogen-bond acceptors (Lipinski definition) is 4. The third-order valence-corrected chi connectivity index (χ3v) is 8.11. The summed E-state index contributed by atoms with van der Waals surface area (Å²) in [6, 6.07) is 20.3. The summed E-state index contributed by atoms with van der Waals surface area (Å²) in [5, 5.41) is 3.58. The van der Waals surface area contributed by atoms with Gasteiger partial charge in [-0.05, 0) is 42.7 Å². The fourth-order valence-corrected chi connectivity index (χ4v) is 5.64. The number of carbonyl (C=O) groups is 2. The number of rotatable bonds is 12. The number of para-hydroxylation sites is 1. The van der Waals surface area contributed by atoms with Gasteiger partial charge in [-0.15, -0.1) is 0 Å². The van der Waals surface area contributed by atoms with Gasteiger partial charge in [0.15, 0.2) is 0 Å². The molecule has 208 valence electrons. The number of carbonyl (C=O) groups excluding carboxylic acids is 2. The Kier molecular flexibility index (Phi) is 10.8. The molecular formula is C29H33Cl2N3O4S. The summed E-state index contributed by atoms with van der Waals surface area (Å²) < 4.78 is 26.8. The van der Waals surface area contributed by atoms with Crippen molar-refractivity contribution in [3.63, 3.8) is 0 Å². The van der Waals surface area contributed by atoms with Crippen LogP contribution in [0.4, 0.5) is 5.69 Å². The minimum absolute atomic E-state index is 0.0836. The molecule has 0 aromatic heterocycles. The second kappa shape index (κ2) is 13.8. The fraction of sp³-hybridized carbons (Fsp3) is 0.310. The number of aryl methyl sites for hydroxylation is 1. The average Bonchev–Trinajstić information content (AvgIpc) is 2.89. The molecule has 2 amide bonds. The zero-order valence-corrected chi connectivity index (χ0v) is 24.6. The maximum absolute atomic E-state index is 14.1. The number of nitrogens with one attached hydrogen (secondary N) is 1. The molecular weight excluding hydrogens is 557 g/mol. The predicted molar refractivity (Wildman–Crippen MR) is 158 cm³/mol. The minimum atomic E-state index is -3.84. The molecule has 1 N–H and O–H groups in total. The summed E-state index contributed by atoms with van der Waals surface area (Å²) in [4.78, 5) is 29.0. The van der Waals surface area contributed by atoms with Gasteiger partial charge in [0, 0.05) is 35.1 Å². The monoisotopic (exact) mass is 589 g/mol. The quantitative estimate of drug-likeness (QED) is 0.313. The summed E-state index contributed by atoms with van der Waals surface area (Å²) >= 11 is 12.9. The highest BCUT2D eigenvalue weighted by molar-refractivity contribution is 7.92. The van der Waals surface area contributed by atoms with Crippen molar-refractivity contribution in [1.29, 1.82) is 0 Å². The highest BCUT2D eigenvalue weighted by atomic mass is 35.5. The zero-order valence-electron chi connectivity index (χ0n) is 22.2. The van der Waals surface area contributed by atoms with Gasteiger partial charge in [0.05, 0.1) is 11.9 Å². The Balaban J connectivity index is 2.10. The first kappa shape index (κ1) is 30.5. The van der Waals surface area contributed by atoms with Gasteiger partial charge in [0.25, 0.3) is 0 Å². The number of amides is 2. The summed E-state index contributed by atoms with van der Waals surface area (Å²) in [6.45, 7) is 3.55. The standard InChI is InChI=1S/C29H33Cl2N3O4S/c1-4-17-32-29(36)27(18-22-12-6-5-7-13-22)33(19-23-24(30)14-10-15-25(23)31)28(35)20-34(39(3,37)38)26-16-9-8-11-21(26)2/h5-16,27H,4,17-20H2,1-3H3,(H,32,36)/t27-/m0/s1. The molecule has 39 heavy (non-hydrogen) atoms. The molecule has 0 fully saturated rings. The van der Waals surface area contributed by atoms with Crippen LogP contribution >= 0.6 is 23.2 Å². The lowest BCUT2D eigenvalue weighted by atomic mass is 10.0. The highest BCUT2D eigenvalue weighted by Gasteiger charge is 2.33. The van der Waals surface area contributed by atoms with Crippen molar-refractivity contribution in [2.75, 3.05) is 23.7 Å². The topological polar surface area (TPSA) is 86.8 Å². The lowest BCUT2D eigenvalue weighted by molar-refractivity contribution is -0.140. The van der Waals surface area contributed by atoms with Gasteiger partial charge in [-0.3, -0.25) is 13.9 Å². The van der Waals surface area contributed by atoms with E-state index < -0.39 is 28.5 Å². The highest BCUT2D eigenvalue weighted by Crippen LogP contribution is 2.28. The van der Waals surface area contributed by atoms with E-state index in [2.05, 4.69) is 5.32 Å². The van der Waals surface area contributed by atoms with E-state index in [1.165, 1.54) is 4.90 Å². The maximum Gasteiger partial charge on any atom is 0.244 e. The average molecular weight is 591 g/mol. The van der Waals surface area contributed by atoms with Crippen LogP contribution in [0, 0.1) is 6.92 Å². The van der Waals surface area contributed by atoms with Gasteiger partial charge in [-0.2, -0.15) is 0 Å². The van der Waals surface area contributed by atoms with E-state index in [0.29, 0.717) is 39.8 Å². The number of nitrogens with zero attached hydrogens (tertiary/aromatic N) is 2. The molecule has 0 aliphatic rings. The molecule has 0 spiro atoms. The Bertz CT molecular complexity index is 1380. The summed E-state index contributed by atoms with van der Waals surface area (Å²) in [7, 11) is -3.84. The van der Waals surface area contributed by atoms with Crippen LogP contribution < -0.4 is 9.62 Å². The number of sulfonamides is 1. The summed E-state index contributed by atoms with van der Waals surface area (Å²) in [5.41, 5.74) is 2.39. The van der Waals surface area contributed by atoms with Crippen molar-refractivity contribution in [2.24, 2.45) is 0 Å². The van der Waals surface area contributed by atoms with Crippen LogP contribution in [-0.4, -0.2) is 50.5 Å². The van der Waals surface area contributed by atoms with Crippen LogP contribution in [0.25, 0.3) is 0 Å². The fourth-order valence-electron chi connectivity index (χ4n) is 4.21. The third-order valence-electron chi connectivity index (χ3n) is 6.27. The molecule has 0 radical (unpaired) electrons. The molecule has 0 heterocycles. The molecule has 3 aromatic carbocycles. The van der Waals surface area contributed by atoms with E-state index in [1.54, 1.807) is 49.4 Å². The lowest BCUT2D eigenvalue weighted by Gasteiger charge is -2.34.